The van der Waals surface area contributed by atoms with E-state index in [4.69, 9.17) is 0 Å². The molecule has 5 heteroatoms. The summed E-state index contributed by atoms with van der Waals surface area (Å²) >= 11 is 3.50. The normalized spacial score (nSPS) is 10.8. The zero-order valence-corrected chi connectivity index (χ0v) is 13.6. The van der Waals surface area contributed by atoms with Crippen molar-refractivity contribution in [3.63, 3.8) is 0 Å². The van der Waals surface area contributed by atoms with Crippen molar-refractivity contribution in [3.8, 4) is 5.75 Å². The maximum atomic E-state index is 12.6. The second-order valence-electron chi connectivity index (χ2n) is 5.19. The van der Waals surface area contributed by atoms with Gasteiger partial charge in [0.1, 0.15) is 11.4 Å². The molecule has 0 spiro atoms. The van der Waals surface area contributed by atoms with Crippen molar-refractivity contribution >= 4 is 32.7 Å². The van der Waals surface area contributed by atoms with Gasteiger partial charge in [0.15, 0.2) is 0 Å². The largest absolute Gasteiger partial charge is 0.508 e. The Kier molecular flexibility index (Phi) is 3.90. The Hall–Kier alpha value is -2.27. The summed E-state index contributed by atoms with van der Waals surface area (Å²) in [4.78, 5) is 17.4. The lowest BCUT2D eigenvalue weighted by Gasteiger charge is -2.17. The summed E-state index contributed by atoms with van der Waals surface area (Å²) in [7, 11) is 1.74. The Labute approximate surface area is 136 Å². The number of nitrogens with zero attached hydrogens (tertiary/aromatic N) is 1. The highest BCUT2D eigenvalue weighted by Gasteiger charge is 2.19. The second-order valence-corrected chi connectivity index (χ2v) is 5.98. The number of rotatable bonds is 3. The van der Waals surface area contributed by atoms with Gasteiger partial charge in [0.25, 0.3) is 5.91 Å². The van der Waals surface area contributed by atoms with E-state index < -0.39 is 0 Å². The minimum atomic E-state index is -0.105. The highest BCUT2D eigenvalue weighted by Crippen LogP contribution is 2.28. The standard InChI is InChI=1S/C17H15BrN2O2/c1-20(10-11-5-4-6-12(21)9-11)17(22)16-15(18)13-7-2-3-8-14(13)19-16/h2-9,19,21H,10H2,1H3. The van der Waals surface area contributed by atoms with Crippen molar-refractivity contribution in [1.29, 1.82) is 0 Å². The van der Waals surface area contributed by atoms with Gasteiger partial charge in [-0.25, -0.2) is 0 Å². The first-order chi connectivity index (χ1) is 10.6. The van der Waals surface area contributed by atoms with Crippen molar-refractivity contribution in [3.05, 3.63) is 64.3 Å². The van der Waals surface area contributed by atoms with Crippen molar-refractivity contribution < 1.29 is 9.90 Å². The lowest BCUT2D eigenvalue weighted by molar-refractivity contribution is 0.0779. The minimum Gasteiger partial charge on any atom is -0.508 e. The Morgan fingerprint density at radius 1 is 1.23 bits per heavy atom. The second kappa shape index (κ2) is 5.85. The van der Waals surface area contributed by atoms with Crippen LogP contribution in [0, 0.1) is 0 Å². The molecule has 3 aromatic rings. The number of H-pyrrole nitrogens is 1. The molecule has 0 aliphatic heterocycles. The number of aromatic nitrogens is 1. The summed E-state index contributed by atoms with van der Waals surface area (Å²) in [5.74, 6) is 0.0940. The Morgan fingerprint density at radius 2 is 2.00 bits per heavy atom. The number of phenolic OH excluding ortho intramolecular Hbond substituents is 1. The summed E-state index contributed by atoms with van der Waals surface area (Å²) in [6.07, 6.45) is 0. The van der Waals surface area contributed by atoms with E-state index in [1.54, 1.807) is 30.1 Å². The van der Waals surface area contributed by atoms with Crippen LogP contribution in [0.25, 0.3) is 10.9 Å². The molecule has 2 N–H and O–H groups in total. The van der Waals surface area contributed by atoms with Crippen molar-refractivity contribution in [1.82, 2.24) is 9.88 Å². The van der Waals surface area contributed by atoms with Crippen LogP contribution in [0.15, 0.2) is 53.0 Å². The smallest absolute Gasteiger partial charge is 0.271 e. The third-order valence-corrected chi connectivity index (χ3v) is 4.36. The van der Waals surface area contributed by atoms with Gasteiger partial charge >= 0.3 is 0 Å². The van der Waals surface area contributed by atoms with Gasteiger partial charge in [-0.3, -0.25) is 4.79 Å². The number of hydrogen-bond acceptors (Lipinski definition) is 2. The highest BCUT2D eigenvalue weighted by atomic mass is 79.9. The highest BCUT2D eigenvalue weighted by molar-refractivity contribution is 9.10. The van der Waals surface area contributed by atoms with Gasteiger partial charge in [0.05, 0.1) is 4.47 Å². The average molecular weight is 359 g/mol. The van der Waals surface area contributed by atoms with Gasteiger partial charge < -0.3 is 15.0 Å². The van der Waals surface area contributed by atoms with Gasteiger partial charge in [-0.1, -0.05) is 30.3 Å². The van der Waals surface area contributed by atoms with Crippen LogP contribution in [0.4, 0.5) is 0 Å². The Morgan fingerprint density at radius 3 is 2.73 bits per heavy atom. The Balaban J connectivity index is 1.87. The predicted octanol–water partition coefficient (Wildman–Crippen LogP) is 3.91. The molecule has 1 aromatic heterocycles. The summed E-state index contributed by atoms with van der Waals surface area (Å²) in [5, 5.41) is 10.5. The van der Waals surface area contributed by atoms with Gasteiger partial charge in [-0.05, 0) is 39.7 Å². The van der Waals surface area contributed by atoms with E-state index in [9.17, 15) is 9.90 Å². The number of fused-ring (bicyclic) bond motifs is 1. The topological polar surface area (TPSA) is 56.3 Å². The third kappa shape index (κ3) is 2.72. The molecular formula is C17H15BrN2O2. The van der Waals surface area contributed by atoms with E-state index in [0.717, 1.165) is 20.9 Å². The summed E-state index contributed by atoms with van der Waals surface area (Å²) in [6.45, 7) is 0.426. The fourth-order valence-corrected chi connectivity index (χ4v) is 3.06. The predicted molar refractivity (Wildman–Crippen MR) is 89.9 cm³/mol. The molecule has 22 heavy (non-hydrogen) atoms. The number of amides is 1. The van der Waals surface area contributed by atoms with E-state index >= 15 is 0 Å². The monoisotopic (exact) mass is 358 g/mol. The zero-order valence-electron chi connectivity index (χ0n) is 12.0. The number of halogens is 1. The molecule has 0 fully saturated rings. The van der Waals surface area contributed by atoms with E-state index in [2.05, 4.69) is 20.9 Å². The molecule has 1 heterocycles. The Bertz CT molecular complexity index is 842. The first-order valence-corrected chi connectivity index (χ1v) is 7.65. The molecule has 0 saturated heterocycles. The fraction of sp³-hybridized carbons (Fsp3) is 0.118. The van der Waals surface area contributed by atoms with Gasteiger partial charge in [-0.15, -0.1) is 0 Å². The van der Waals surface area contributed by atoms with Crippen molar-refractivity contribution in [2.24, 2.45) is 0 Å². The van der Waals surface area contributed by atoms with Crippen molar-refractivity contribution in [2.45, 2.75) is 6.54 Å². The molecule has 0 saturated carbocycles. The number of carbonyl (C=O) groups excluding carboxylic acids is 1. The molecule has 2 aromatic carbocycles. The maximum absolute atomic E-state index is 12.6. The van der Waals surface area contributed by atoms with E-state index in [1.165, 1.54) is 0 Å². The number of nitrogens with one attached hydrogen (secondary N) is 1. The van der Waals surface area contributed by atoms with Gasteiger partial charge in [0.2, 0.25) is 0 Å². The van der Waals surface area contributed by atoms with Crippen LogP contribution in [-0.2, 0) is 6.54 Å². The van der Waals surface area contributed by atoms with Crippen LogP contribution >= 0.6 is 15.9 Å². The number of aromatic hydroxyl groups is 1. The molecule has 0 bridgehead atoms. The lowest BCUT2D eigenvalue weighted by Crippen LogP contribution is -2.26. The molecule has 0 atom stereocenters. The molecule has 0 unspecified atom stereocenters. The quantitative estimate of drug-likeness (QED) is 0.745. The van der Waals surface area contributed by atoms with Gasteiger partial charge in [-0.2, -0.15) is 0 Å². The van der Waals surface area contributed by atoms with Crippen LogP contribution < -0.4 is 0 Å². The van der Waals surface area contributed by atoms with Crippen LogP contribution in [-0.4, -0.2) is 27.9 Å². The number of carbonyl (C=O) groups is 1. The molecule has 3 rings (SSSR count). The maximum Gasteiger partial charge on any atom is 0.271 e. The molecule has 112 valence electrons. The van der Waals surface area contributed by atoms with Crippen LogP contribution in [0.5, 0.6) is 5.75 Å². The molecule has 0 aliphatic rings. The first-order valence-electron chi connectivity index (χ1n) is 6.86. The molecule has 1 amide bonds. The molecule has 0 aliphatic carbocycles. The first kappa shape index (κ1) is 14.7. The molecule has 4 nitrogen and oxygen atoms in total. The zero-order chi connectivity index (χ0) is 15.7. The van der Waals surface area contributed by atoms with E-state index in [-0.39, 0.29) is 11.7 Å². The number of aromatic amines is 1. The molecular weight excluding hydrogens is 344 g/mol. The summed E-state index contributed by atoms with van der Waals surface area (Å²) in [5.41, 5.74) is 2.33. The van der Waals surface area contributed by atoms with E-state index in [0.29, 0.717) is 12.2 Å². The number of hydrogen-bond donors (Lipinski definition) is 2. The molecule has 0 radical (unpaired) electrons. The van der Waals surface area contributed by atoms with Crippen LogP contribution in [0.2, 0.25) is 0 Å². The number of benzene rings is 2. The number of phenols is 1. The third-order valence-electron chi connectivity index (χ3n) is 3.53. The lowest BCUT2D eigenvalue weighted by atomic mass is 10.2. The van der Waals surface area contributed by atoms with Crippen molar-refractivity contribution in [2.75, 3.05) is 7.05 Å². The van der Waals surface area contributed by atoms with E-state index in [1.807, 2.05) is 30.3 Å². The van der Waals surface area contributed by atoms with Crippen LogP contribution in [0.3, 0.4) is 0 Å². The van der Waals surface area contributed by atoms with Gasteiger partial charge in [0, 0.05) is 24.5 Å². The van der Waals surface area contributed by atoms with Crippen LogP contribution in [0.1, 0.15) is 16.1 Å². The number of para-hydroxylation sites is 1. The fourth-order valence-electron chi connectivity index (χ4n) is 2.45. The average Bonchev–Trinajstić information content (AvgIpc) is 2.84. The summed E-state index contributed by atoms with van der Waals surface area (Å²) < 4.78 is 0.774. The SMILES string of the molecule is CN(Cc1cccc(O)c1)C(=O)c1[nH]c2ccccc2c1Br. The minimum absolute atomic E-state index is 0.105. The summed E-state index contributed by atoms with van der Waals surface area (Å²) in [6, 6.07) is 14.7.